The molecule has 0 aliphatic rings. The molecular formula is C10H20N2O4. The van der Waals surface area contributed by atoms with Gasteiger partial charge in [-0.15, -0.1) is 0 Å². The highest BCUT2D eigenvalue weighted by Gasteiger charge is 2.07. The zero-order valence-electron chi connectivity index (χ0n) is 9.62. The molecule has 1 unspecified atom stereocenters. The Morgan fingerprint density at radius 3 is 2.50 bits per heavy atom. The number of nitrogens with one attached hydrogen (secondary N) is 2. The number of hydrogen-bond acceptors (Lipinski definition) is 4. The summed E-state index contributed by atoms with van der Waals surface area (Å²) in [7, 11) is 0. The number of amides is 1. The van der Waals surface area contributed by atoms with Gasteiger partial charge in [-0.05, 0) is 6.42 Å². The maximum Gasteiger partial charge on any atom is 0.217 e. The van der Waals surface area contributed by atoms with E-state index in [9.17, 15) is 14.7 Å². The van der Waals surface area contributed by atoms with Crippen molar-refractivity contribution in [2.75, 3.05) is 32.8 Å². The Bertz CT molecular complexity index is 201. The van der Waals surface area contributed by atoms with Crippen LogP contribution in [0.4, 0.5) is 0 Å². The zero-order valence-corrected chi connectivity index (χ0v) is 9.62. The summed E-state index contributed by atoms with van der Waals surface area (Å²) in [5.74, 6) is -1.14. The van der Waals surface area contributed by atoms with Crippen LogP contribution in [0.2, 0.25) is 0 Å². The second-order valence-electron chi connectivity index (χ2n) is 3.68. The van der Waals surface area contributed by atoms with Gasteiger partial charge in [0.05, 0.1) is 26.2 Å². The fraction of sp³-hybridized carbons (Fsp3) is 0.800. The first-order valence-electron chi connectivity index (χ1n) is 5.45. The predicted octanol–water partition coefficient (Wildman–Crippen LogP) is -3.47. The largest absolute Gasteiger partial charge is 0.550 e. The third-order valence-electron chi connectivity index (χ3n) is 2.23. The molecule has 3 N–H and O–H groups in total. The molecule has 0 aromatic heterocycles. The second kappa shape index (κ2) is 9.11. The van der Waals surface area contributed by atoms with E-state index in [1.165, 1.54) is 6.92 Å². The third-order valence-corrected chi connectivity index (χ3v) is 2.23. The normalized spacial score (nSPS) is 12.1. The standard InChI is InChI=1S/C10H20N2O4/c1-9(14)11-4-6-12(7-8-13)5-2-3-10(15)16/h13H,2-8H2,1H3,(H,11,14)(H,15,16). The van der Waals surface area contributed by atoms with Crippen LogP contribution in [0.3, 0.4) is 0 Å². The number of aliphatic hydroxyl groups is 1. The highest BCUT2D eigenvalue weighted by atomic mass is 16.4. The van der Waals surface area contributed by atoms with Crippen molar-refractivity contribution in [3.8, 4) is 0 Å². The van der Waals surface area contributed by atoms with E-state index in [4.69, 9.17) is 5.11 Å². The Kier molecular flexibility index (Phi) is 8.46. The van der Waals surface area contributed by atoms with Gasteiger partial charge < -0.3 is 25.2 Å². The SMILES string of the molecule is CC(=O)NCC[NH+](CCO)CCCC(=O)[O-]. The molecule has 6 heteroatoms. The molecule has 0 aromatic carbocycles. The molecule has 16 heavy (non-hydrogen) atoms. The minimum Gasteiger partial charge on any atom is -0.550 e. The maximum absolute atomic E-state index is 10.6. The van der Waals surface area contributed by atoms with Gasteiger partial charge in [0.15, 0.2) is 0 Å². The summed E-state index contributed by atoms with van der Waals surface area (Å²) < 4.78 is 0. The van der Waals surface area contributed by atoms with Crippen molar-refractivity contribution in [3.63, 3.8) is 0 Å². The molecule has 0 saturated heterocycles. The number of carboxylic acids is 1. The van der Waals surface area contributed by atoms with E-state index >= 15 is 0 Å². The van der Waals surface area contributed by atoms with Crippen molar-refractivity contribution in [2.45, 2.75) is 19.8 Å². The average Bonchev–Trinajstić information content (AvgIpc) is 2.16. The van der Waals surface area contributed by atoms with Crippen LogP contribution >= 0.6 is 0 Å². The molecule has 0 bridgehead atoms. The molecule has 0 radical (unpaired) electrons. The van der Waals surface area contributed by atoms with Crippen LogP contribution in [-0.2, 0) is 9.59 Å². The quantitative estimate of drug-likeness (QED) is 0.385. The highest BCUT2D eigenvalue weighted by Crippen LogP contribution is 1.80. The molecule has 0 heterocycles. The van der Waals surface area contributed by atoms with E-state index in [1.54, 1.807) is 0 Å². The van der Waals surface area contributed by atoms with Gasteiger partial charge in [0.1, 0.15) is 6.54 Å². The number of carbonyl (C=O) groups is 2. The van der Waals surface area contributed by atoms with Gasteiger partial charge >= 0.3 is 0 Å². The summed E-state index contributed by atoms with van der Waals surface area (Å²) in [6.07, 6.45) is 0.562. The van der Waals surface area contributed by atoms with Crippen LogP contribution in [0.1, 0.15) is 19.8 Å². The van der Waals surface area contributed by atoms with Crippen molar-refractivity contribution < 1.29 is 24.7 Å². The molecule has 0 saturated carbocycles. The molecule has 0 aromatic rings. The zero-order chi connectivity index (χ0) is 12.4. The molecule has 0 aliphatic heterocycles. The van der Waals surface area contributed by atoms with Crippen LogP contribution in [0.5, 0.6) is 0 Å². The van der Waals surface area contributed by atoms with E-state index in [0.29, 0.717) is 32.6 Å². The van der Waals surface area contributed by atoms with E-state index in [2.05, 4.69) is 5.32 Å². The number of aliphatic carboxylic acids is 1. The lowest BCUT2D eigenvalue weighted by Crippen LogP contribution is -3.13. The van der Waals surface area contributed by atoms with E-state index in [-0.39, 0.29) is 18.9 Å². The van der Waals surface area contributed by atoms with Gasteiger partial charge in [-0.3, -0.25) is 4.79 Å². The fourth-order valence-electron chi connectivity index (χ4n) is 1.43. The lowest BCUT2D eigenvalue weighted by molar-refractivity contribution is -0.899. The van der Waals surface area contributed by atoms with E-state index in [0.717, 1.165) is 4.90 Å². The number of quaternary nitrogens is 1. The van der Waals surface area contributed by atoms with Gasteiger partial charge in [0.2, 0.25) is 5.91 Å². The first-order chi connectivity index (χ1) is 7.56. The van der Waals surface area contributed by atoms with Crippen molar-refractivity contribution in [1.29, 1.82) is 0 Å². The topological polar surface area (TPSA) is 93.9 Å². The summed E-state index contributed by atoms with van der Waals surface area (Å²) in [6, 6.07) is 0. The molecule has 1 atom stereocenters. The lowest BCUT2D eigenvalue weighted by Gasteiger charge is -2.18. The number of hydrogen-bond donors (Lipinski definition) is 3. The van der Waals surface area contributed by atoms with Crippen LogP contribution in [0.15, 0.2) is 0 Å². The van der Waals surface area contributed by atoms with Crippen molar-refractivity contribution in [1.82, 2.24) is 5.32 Å². The summed E-state index contributed by atoms with van der Waals surface area (Å²) >= 11 is 0. The smallest absolute Gasteiger partial charge is 0.217 e. The first-order valence-corrected chi connectivity index (χ1v) is 5.45. The molecule has 0 aliphatic carbocycles. The van der Waals surface area contributed by atoms with Gasteiger partial charge in [-0.25, -0.2) is 0 Å². The molecule has 0 spiro atoms. The number of carboxylic acid groups (broad SMARTS) is 1. The molecule has 94 valence electrons. The molecular weight excluding hydrogens is 212 g/mol. The average molecular weight is 232 g/mol. The van der Waals surface area contributed by atoms with Crippen LogP contribution in [-0.4, -0.2) is 49.8 Å². The van der Waals surface area contributed by atoms with Crippen LogP contribution in [0.25, 0.3) is 0 Å². The minimum absolute atomic E-state index is 0.0368. The summed E-state index contributed by atoms with van der Waals surface area (Å²) in [6.45, 7) is 3.95. The number of aliphatic hydroxyl groups excluding tert-OH is 1. The van der Waals surface area contributed by atoms with Crippen molar-refractivity contribution in [2.24, 2.45) is 0 Å². The Morgan fingerprint density at radius 2 is 2.00 bits per heavy atom. The van der Waals surface area contributed by atoms with Gasteiger partial charge in [-0.1, -0.05) is 0 Å². The first kappa shape index (κ1) is 14.9. The Morgan fingerprint density at radius 1 is 1.31 bits per heavy atom. The third kappa shape index (κ3) is 9.42. The predicted molar refractivity (Wildman–Crippen MR) is 55.6 cm³/mol. The monoisotopic (exact) mass is 232 g/mol. The fourth-order valence-corrected chi connectivity index (χ4v) is 1.43. The molecule has 0 fully saturated rings. The van der Waals surface area contributed by atoms with Gasteiger partial charge in [-0.2, -0.15) is 0 Å². The van der Waals surface area contributed by atoms with E-state index < -0.39 is 5.97 Å². The summed E-state index contributed by atoms with van der Waals surface area (Å²) in [5, 5.41) is 21.7. The molecule has 6 nitrogen and oxygen atoms in total. The highest BCUT2D eigenvalue weighted by molar-refractivity contribution is 5.72. The summed E-state index contributed by atoms with van der Waals surface area (Å²) in [4.78, 5) is 21.9. The number of rotatable bonds is 9. The van der Waals surface area contributed by atoms with Crippen LogP contribution in [0, 0.1) is 0 Å². The maximum atomic E-state index is 10.6. The van der Waals surface area contributed by atoms with E-state index in [1.807, 2.05) is 0 Å². The number of carbonyl (C=O) groups excluding carboxylic acids is 2. The molecule has 1 amide bonds. The minimum atomic E-state index is -1.05. The lowest BCUT2D eigenvalue weighted by atomic mass is 10.3. The Balaban J connectivity index is 3.69. The van der Waals surface area contributed by atoms with Gasteiger partial charge in [0, 0.05) is 19.3 Å². The Hall–Kier alpha value is -1.14. The van der Waals surface area contributed by atoms with Crippen molar-refractivity contribution in [3.05, 3.63) is 0 Å². The van der Waals surface area contributed by atoms with Gasteiger partial charge in [0.25, 0.3) is 0 Å². The van der Waals surface area contributed by atoms with Crippen LogP contribution < -0.4 is 15.3 Å². The Labute approximate surface area is 95.2 Å². The van der Waals surface area contributed by atoms with Crippen molar-refractivity contribution >= 4 is 11.9 Å². The second-order valence-corrected chi connectivity index (χ2v) is 3.68. The molecule has 0 rings (SSSR count). The summed E-state index contributed by atoms with van der Waals surface area (Å²) in [5.41, 5.74) is 0.